The summed E-state index contributed by atoms with van der Waals surface area (Å²) in [7, 11) is -1.04. The third-order valence-electron chi connectivity index (χ3n) is 4.74. The number of thiazole rings is 1. The largest absolute Gasteiger partial charge is 0.464 e. The minimum atomic E-state index is -2.41. The summed E-state index contributed by atoms with van der Waals surface area (Å²) in [5.41, 5.74) is 6.41. The Hall–Kier alpha value is -3.01. The number of esters is 1. The van der Waals surface area contributed by atoms with Crippen LogP contribution in [0, 0.1) is 0 Å². The van der Waals surface area contributed by atoms with E-state index in [9.17, 15) is 4.79 Å². The number of hydrogen-bond acceptors (Lipinski definition) is 5. The number of ether oxygens (including phenoxy) is 1. The number of rotatable bonds is 5. The number of nitrogen functional groups attached to an aromatic ring is 1. The Kier molecular flexibility index (Phi) is 5.43. The molecule has 0 bridgehead atoms. The van der Waals surface area contributed by atoms with Gasteiger partial charge in [-0.25, -0.2) is 9.78 Å². The molecule has 4 nitrogen and oxygen atoms in total. The van der Waals surface area contributed by atoms with E-state index in [1.165, 1.54) is 18.4 Å². The molecule has 0 aliphatic heterocycles. The first kappa shape index (κ1) is 19.3. The lowest BCUT2D eigenvalue weighted by molar-refractivity contribution is 0.0596. The molecule has 0 saturated heterocycles. The van der Waals surface area contributed by atoms with Gasteiger partial charge in [-0.05, 0) is 36.4 Å². The topological polar surface area (TPSA) is 65.2 Å². The molecular formula is C23H20N2O2PS+. The number of nitrogens with zero attached hydrogens (tertiary/aromatic N) is 1. The summed E-state index contributed by atoms with van der Waals surface area (Å²) in [4.78, 5) is 17.0. The Morgan fingerprint density at radius 1 is 0.828 bits per heavy atom. The summed E-state index contributed by atoms with van der Waals surface area (Å²) in [5, 5.41) is 3.75. The molecule has 0 amide bonds. The molecular weight excluding hydrogens is 399 g/mol. The first-order valence-corrected chi connectivity index (χ1v) is 11.7. The van der Waals surface area contributed by atoms with Crippen LogP contribution in [-0.4, -0.2) is 18.1 Å². The Morgan fingerprint density at radius 2 is 1.24 bits per heavy atom. The maximum Gasteiger partial charge on any atom is 0.361 e. The van der Waals surface area contributed by atoms with E-state index in [-0.39, 0.29) is 0 Å². The molecule has 0 unspecified atom stereocenters. The molecule has 1 aromatic heterocycles. The van der Waals surface area contributed by atoms with Gasteiger partial charge in [-0.2, -0.15) is 0 Å². The lowest BCUT2D eigenvalue weighted by Gasteiger charge is -2.26. The molecule has 2 N–H and O–H groups in total. The number of methoxy groups -OCH3 is 1. The van der Waals surface area contributed by atoms with Crippen molar-refractivity contribution in [1.82, 2.24) is 4.98 Å². The highest BCUT2D eigenvalue weighted by molar-refractivity contribution is 8.04. The van der Waals surface area contributed by atoms with Crippen molar-refractivity contribution < 1.29 is 9.53 Å². The molecule has 0 atom stereocenters. The second-order valence-electron chi connectivity index (χ2n) is 6.37. The van der Waals surface area contributed by atoms with Crippen LogP contribution in [0.5, 0.6) is 0 Å². The normalized spacial score (nSPS) is 11.2. The standard InChI is InChI=1S/C23H20N2O2PS/c1-27-21(26)20-22(29-23(24)25-20)28(17-11-5-2-6-12-17,18-13-7-3-8-14-18)19-15-9-4-10-16-19/h2-16H,1H3,(H2,24,25)/q+1. The summed E-state index contributed by atoms with van der Waals surface area (Å²) in [6.45, 7) is 0. The number of aromatic nitrogens is 1. The lowest BCUT2D eigenvalue weighted by Crippen LogP contribution is -2.39. The van der Waals surface area contributed by atoms with Crippen LogP contribution in [-0.2, 0) is 4.74 Å². The van der Waals surface area contributed by atoms with E-state index in [1.807, 2.05) is 54.6 Å². The van der Waals surface area contributed by atoms with Crippen LogP contribution in [0.25, 0.3) is 0 Å². The molecule has 4 rings (SSSR count). The van der Waals surface area contributed by atoms with Crippen molar-refractivity contribution >= 4 is 50.2 Å². The smallest absolute Gasteiger partial charge is 0.361 e. The highest BCUT2D eigenvalue weighted by atomic mass is 32.1. The van der Waals surface area contributed by atoms with Gasteiger partial charge in [0.2, 0.25) is 5.69 Å². The lowest BCUT2D eigenvalue weighted by atomic mass is 10.4. The molecule has 0 aliphatic rings. The van der Waals surface area contributed by atoms with E-state index in [2.05, 4.69) is 41.4 Å². The third-order valence-corrected chi connectivity index (χ3v) is 10.6. The van der Waals surface area contributed by atoms with Crippen LogP contribution in [0.2, 0.25) is 0 Å². The Morgan fingerprint density at radius 3 is 1.62 bits per heavy atom. The fraction of sp³-hybridized carbons (Fsp3) is 0.0435. The van der Waals surface area contributed by atoms with Crippen LogP contribution >= 0.6 is 18.6 Å². The second-order valence-corrected chi connectivity index (χ2v) is 11.0. The summed E-state index contributed by atoms with van der Waals surface area (Å²) < 4.78 is 5.91. The molecule has 0 saturated carbocycles. The van der Waals surface area contributed by atoms with Crippen LogP contribution in [0.4, 0.5) is 5.13 Å². The number of benzene rings is 3. The molecule has 6 heteroatoms. The number of hydrogen-bond donors (Lipinski definition) is 1. The maximum atomic E-state index is 12.7. The molecule has 0 spiro atoms. The highest BCUT2D eigenvalue weighted by Gasteiger charge is 2.52. The fourth-order valence-corrected chi connectivity index (χ4v) is 9.79. The van der Waals surface area contributed by atoms with E-state index in [1.54, 1.807) is 0 Å². The summed E-state index contributed by atoms with van der Waals surface area (Å²) in [5.74, 6) is -0.472. The van der Waals surface area contributed by atoms with Gasteiger partial charge >= 0.3 is 5.97 Å². The zero-order valence-corrected chi connectivity index (χ0v) is 17.6. The number of carbonyl (C=O) groups is 1. The van der Waals surface area contributed by atoms with Crippen LogP contribution in [0.3, 0.4) is 0 Å². The molecule has 144 valence electrons. The van der Waals surface area contributed by atoms with Gasteiger partial charge in [0.15, 0.2) is 17.0 Å². The second kappa shape index (κ2) is 8.16. The van der Waals surface area contributed by atoms with Gasteiger partial charge in [0, 0.05) is 0 Å². The molecule has 4 aromatic rings. The first-order valence-electron chi connectivity index (χ1n) is 9.09. The van der Waals surface area contributed by atoms with Gasteiger partial charge in [-0.1, -0.05) is 65.9 Å². The van der Waals surface area contributed by atoms with Crippen LogP contribution < -0.4 is 26.3 Å². The van der Waals surface area contributed by atoms with Crippen LogP contribution in [0.15, 0.2) is 91.0 Å². The summed E-state index contributed by atoms with van der Waals surface area (Å²) >= 11 is 1.36. The molecule has 29 heavy (non-hydrogen) atoms. The average molecular weight is 419 g/mol. The Balaban J connectivity index is 2.17. The van der Waals surface area contributed by atoms with E-state index < -0.39 is 13.2 Å². The predicted molar refractivity (Wildman–Crippen MR) is 123 cm³/mol. The van der Waals surface area contributed by atoms with Crippen molar-refractivity contribution in [3.05, 3.63) is 96.7 Å². The predicted octanol–water partition coefficient (Wildman–Crippen LogP) is 3.13. The fourth-order valence-electron chi connectivity index (χ4n) is 3.54. The zero-order valence-electron chi connectivity index (χ0n) is 15.9. The molecule has 0 fully saturated rings. The number of carbonyl (C=O) groups excluding carboxylic acids is 1. The highest BCUT2D eigenvalue weighted by Crippen LogP contribution is 2.56. The van der Waals surface area contributed by atoms with E-state index in [4.69, 9.17) is 10.5 Å². The summed E-state index contributed by atoms with van der Waals surface area (Å²) in [6.07, 6.45) is 0. The average Bonchev–Trinajstić information content (AvgIpc) is 3.18. The van der Waals surface area contributed by atoms with Crippen molar-refractivity contribution in [2.75, 3.05) is 12.8 Å². The van der Waals surface area contributed by atoms with Gasteiger partial charge in [0.25, 0.3) is 0 Å². The molecule has 3 aromatic carbocycles. The Labute approximate surface area is 174 Å². The first-order chi connectivity index (χ1) is 14.2. The zero-order chi connectivity index (χ0) is 20.3. The van der Waals surface area contributed by atoms with Gasteiger partial charge in [0.1, 0.15) is 15.9 Å². The SMILES string of the molecule is COC(=O)c1nc(N)sc1[P+](c1ccccc1)(c1ccccc1)c1ccccc1. The molecule has 0 radical (unpaired) electrons. The van der Waals surface area contributed by atoms with Crippen LogP contribution in [0.1, 0.15) is 10.5 Å². The van der Waals surface area contributed by atoms with Crippen molar-refractivity contribution in [2.24, 2.45) is 0 Å². The number of nitrogens with two attached hydrogens (primary N) is 1. The quantitative estimate of drug-likeness (QED) is 0.399. The van der Waals surface area contributed by atoms with Crippen molar-refractivity contribution in [1.29, 1.82) is 0 Å². The van der Waals surface area contributed by atoms with Crippen molar-refractivity contribution in [3.63, 3.8) is 0 Å². The van der Waals surface area contributed by atoms with E-state index in [0.29, 0.717) is 10.8 Å². The monoisotopic (exact) mass is 419 g/mol. The van der Waals surface area contributed by atoms with Gasteiger partial charge < -0.3 is 10.5 Å². The van der Waals surface area contributed by atoms with Crippen molar-refractivity contribution in [3.8, 4) is 0 Å². The van der Waals surface area contributed by atoms with Gasteiger partial charge in [0.05, 0.1) is 7.11 Å². The summed E-state index contributed by atoms with van der Waals surface area (Å²) in [6, 6.07) is 30.8. The van der Waals surface area contributed by atoms with Gasteiger partial charge in [-0.3, -0.25) is 0 Å². The van der Waals surface area contributed by atoms with E-state index in [0.717, 1.165) is 20.5 Å². The molecule has 1 heterocycles. The minimum Gasteiger partial charge on any atom is -0.464 e. The third kappa shape index (κ3) is 3.33. The van der Waals surface area contributed by atoms with Crippen molar-refractivity contribution in [2.45, 2.75) is 0 Å². The van der Waals surface area contributed by atoms with Gasteiger partial charge in [-0.15, -0.1) is 0 Å². The minimum absolute atomic E-state index is 0.292. The Bertz CT molecular complexity index is 1020. The number of anilines is 1. The van der Waals surface area contributed by atoms with E-state index >= 15 is 0 Å². The maximum absolute atomic E-state index is 12.7. The molecule has 0 aliphatic carbocycles.